The minimum atomic E-state index is -0.0492. The van der Waals surface area contributed by atoms with Crippen LogP contribution in [-0.4, -0.2) is 75.9 Å². The van der Waals surface area contributed by atoms with Gasteiger partial charge in [-0.1, -0.05) is 6.07 Å². The molecule has 0 N–H and O–H groups in total. The highest BCUT2D eigenvalue weighted by Gasteiger charge is 2.31. The number of amides is 1. The summed E-state index contributed by atoms with van der Waals surface area (Å²) in [5.74, 6) is 1.18. The number of likely N-dealkylation sites (tertiary alicyclic amines) is 1. The van der Waals surface area contributed by atoms with Crippen LogP contribution in [0.3, 0.4) is 0 Å². The maximum absolute atomic E-state index is 12.3. The number of nitrogens with zero attached hydrogens (tertiary/aromatic N) is 2. The third kappa shape index (κ3) is 4.61. The van der Waals surface area contributed by atoms with E-state index in [-0.39, 0.29) is 18.6 Å². The van der Waals surface area contributed by atoms with E-state index in [0.717, 1.165) is 18.5 Å². The molecule has 0 aliphatic carbocycles. The maximum Gasteiger partial charge on any atom is 0.260 e. The molecule has 134 valence electrons. The summed E-state index contributed by atoms with van der Waals surface area (Å²) in [7, 11) is 7.21. The summed E-state index contributed by atoms with van der Waals surface area (Å²) >= 11 is 0. The summed E-state index contributed by atoms with van der Waals surface area (Å²) in [5, 5.41) is 0. The fourth-order valence-electron chi connectivity index (χ4n) is 2.97. The van der Waals surface area contributed by atoms with Crippen molar-refractivity contribution >= 4 is 5.91 Å². The second-order valence-electron chi connectivity index (χ2n) is 6.40. The molecule has 1 saturated heterocycles. The van der Waals surface area contributed by atoms with Crippen molar-refractivity contribution in [3.63, 3.8) is 0 Å². The van der Waals surface area contributed by atoms with Gasteiger partial charge in [-0.05, 0) is 38.1 Å². The summed E-state index contributed by atoms with van der Waals surface area (Å²) in [4.78, 5) is 16.3. The van der Waals surface area contributed by atoms with E-state index in [1.165, 1.54) is 0 Å². The molecule has 24 heavy (non-hydrogen) atoms. The Morgan fingerprint density at radius 3 is 2.71 bits per heavy atom. The predicted octanol–water partition coefficient (Wildman–Crippen LogP) is 1.56. The van der Waals surface area contributed by atoms with Gasteiger partial charge in [0.1, 0.15) is 0 Å². The Morgan fingerprint density at radius 1 is 1.33 bits per heavy atom. The number of benzene rings is 1. The zero-order valence-corrected chi connectivity index (χ0v) is 15.2. The molecule has 1 aliphatic heterocycles. The maximum atomic E-state index is 12.3. The Kier molecular flexibility index (Phi) is 6.45. The van der Waals surface area contributed by atoms with E-state index in [0.29, 0.717) is 24.1 Å². The lowest BCUT2D eigenvalue weighted by Crippen LogP contribution is -2.41. The number of carbonyl (C=O) groups is 1. The molecule has 0 spiro atoms. The minimum Gasteiger partial charge on any atom is -0.493 e. The Morgan fingerprint density at radius 2 is 2.08 bits per heavy atom. The molecule has 2 rings (SSSR count). The van der Waals surface area contributed by atoms with E-state index in [2.05, 4.69) is 11.9 Å². The molecule has 6 nitrogen and oxygen atoms in total. The average Bonchev–Trinajstić information content (AvgIpc) is 2.93. The molecular formula is C18H28N2O4. The highest BCUT2D eigenvalue weighted by atomic mass is 16.5. The molecule has 1 aromatic rings. The van der Waals surface area contributed by atoms with Crippen LogP contribution in [0.25, 0.3) is 0 Å². The lowest BCUT2D eigenvalue weighted by molar-refractivity contribution is -0.132. The van der Waals surface area contributed by atoms with Gasteiger partial charge in [0.15, 0.2) is 18.1 Å². The molecule has 0 bridgehead atoms. The van der Waals surface area contributed by atoms with Gasteiger partial charge in [0.05, 0.1) is 13.2 Å². The monoisotopic (exact) mass is 336 g/mol. The summed E-state index contributed by atoms with van der Waals surface area (Å²) in [5.41, 5.74) is 1.08. The topological polar surface area (TPSA) is 51.2 Å². The van der Waals surface area contributed by atoms with E-state index in [4.69, 9.17) is 14.2 Å². The van der Waals surface area contributed by atoms with Crippen LogP contribution in [0, 0.1) is 6.92 Å². The van der Waals surface area contributed by atoms with Gasteiger partial charge in [-0.3, -0.25) is 9.69 Å². The summed E-state index contributed by atoms with van der Waals surface area (Å²) in [6.07, 6.45) is 1.19. The first-order chi connectivity index (χ1) is 11.4. The Labute approximate surface area is 144 Å². The molecule has 1 aromatic carbocycles. The van der Waals surface area contributed by atoms with Crippen molar-refractivity contribution in [3.05, 3.63) is 23.8 Å². The number of hydrogen-bond donors (Lipinski definition) is 0. The van der Waals surface area contributed by atoms with Crippen LogP contribution in [0.15, 0.2) is 18.2 Å². The first kappa shape index (κ1) is 18.5. The van der Waals surface area contributed by atoms with E-state index >= 15 is 0 Å². The van der Waals surface area contributed by atoms with Gasteiger partial charge in [-0.2, -0.15) is 0 Å². The van der Waals surface area contributed by atoms with Crippen LogP contribution < -0.4 is 9.47 Å². The minimum absolute atomic E-state index is 0.0000611. The molecule has 6 heteroatoms. The Hall–Kier alpha value is -1.79. The number of likely N-dealkylation sites (N-methyl/N-ethyl adjacent to an activating group) is 2. The van der Waals surface area contributed by atoms with E-state index in [9.17, 15) is 4.79 Å². The summed E-state index contributed by atoms with van der Waals surface area (Å²) < 4.78 is 16.3. The van der Waals surface area contributed by atoms with Crippen molar-refractivity contribution < 1.29 is 19.0 Å². The molecule has 0 radical (unpaired) electrons. The van der Waals surface area contributed by atoms with Gasteiger partial charge >= 0.3 is 0 Å². The van der Waals surface area contributed by atoms with Crippen LogP contribution >= 0.6 is 0 Å². The van der Waals surface area contributed by atoms with Crippen molar-refractivity contribution in [1.29, 1.82) is 0 Å². The second-order valence-corrected chi connectivity index (χ2v) is 6.40. The van der Waals surface area contributed by atoms with Crippen molar-refractivity contribution in [3.8, 4) is 11.5 Å². The van der Waals surface area contributed by atoms with Crippen LogP contribution in [-0.2, 0) is 9.53 Å². The fraction of sp³-hybridized carbons (Fsp3) is 0.611. The first-order valence-corrected chi connectivity index (χ1v) is 8.19. The highest BCUT2D eigenvalue weighted by molar-refractivity contribution is 5.77. The normalized spacial score (nSPS) is 20.9. The molecular weight excluding hydrogens is 308 g/mol. The Bertz CT molecular complexity index is 564. The average molecular weight is 336 g/mol. The van der Waals surface area contributed by atoms with Gasteiger partial charge < -0.3 is 19.1 Å². The smallest absolute Gasteiger partial charge is 0.260 e. The largest absolute Gasteiger partial charge is 0.493 e. The molecule has 0 unspecified atom stereocenters. The summed E-state index contributed by atoms with van der Waals surface area (Å²) in [6.45, 7) is 3.56. The molecule has 0 aromatic heterocycles. The van der Waals surface area contributed by atoms with Crippen molar-refractivity contribution in [2.75, 3.05) is 48.0 Å². The molecule has 1 amide bonds. The molecule has 0 saturated carbocycles. The van der Waals surface area contributed by atoms with E-state index in [1.807, 2.05) is 32.2 Å². The van der Waals surface area contributed by atoms with Crippen molar-refractivity contribution in [1.82, 2.24) is 9.80 Å². The zero-order chi connectivity index (χ0) is 17.7. The van der Waals surface area contributed by atoms with Crippen LogP contribution in [0.4, 0.5) is 0 Å². The van der Waals surface area contributed by atoms with Gasteiger partial charge in [0.25, 0.3) is 5.91 Å². The van der Waals surface area contributed by atoms with Gasteiger partial charge in [0, 0.05) is 33.3 Å². The van der Waals surface area contributed by atoms with Crippen LogP contribution in [0.5, 0.6) is 11.5 Å². The highest BCUT2D eigenvalue weighted by Crippen LogP contribution is 2.27. The van der Waals surface area contributed by atoms with Gasteiger partial charge in [-0.15, -0.1) is 0 Å². The van der Waals surface area contributed by atoms with E-state index < -0.39 is 0 Å². The SMILES string of the molecule is COc1cc(C)ccc1OCC(=O)N(C)C[C@@H]1C[C@H](OC)CN1C. The number of hydrogen-bond acceptors (Lipinski definition) is 5. The number of rotatable bonds is 7. The number of ether oxygens (including phenoxy) is 3. The van der Waals surface area contributed by atoms with Crippen LogP contribution in [0.1, 0.15) is 12.0 Å². The third-order valence-electron chi connectivity index (χ3n) is 4.56. The fourth-order valence-corrected chi connectivity index (χ4v) is 2.97. The van der Waals surface area contributed by atoms with E-state index in [1.54, 1.807) is 19.1 Å². The van der Waals surface area contributed by atoms with Crippen LogP contribution in [0.2, 0.25) is 0 Å². The number of carbonyl (C=O) groups excluding carboxylic acids is 1. The lowest BCUT2D eigenvalue weighted by Gasteiger charge is -2.25. The Balaban J connectivity index is 1.86. The first-order valence-electron chi connectivity index (χ1n) is 8.19. The molecule has 2 atom stereocenters. The van der Waals surface area contributed by atoms with Gasteiger partial charge in [-0.25, -0.2) is 0 Å². The van der Waals surface area contributed by atoms with Crippen molar-refractivity contribution in [2.45, 2.75) is 25.5 Å². The quantitative estimate of drug-likeness (QED) is 0.756. The zero-order valence-electron chi connectivity index (χ0n) is 15.2. The summed E-state index contributed by atoms with van der Waals surface area (Å²) in [6, 6.07) is 5.97. The number of aryl methyl sites for hydroxylation is 1. The molecule has 1 fully saturated rings. The number of methoxy groups -OCH3 is 2. The predicted molar refractivity (Wildman–Crippen MR) is 92.7 cm³/mol. The van der Waals surface area contributed by atoms with Gasteiger partial charge in [0.2, 0.25) is 0 Å². The third-order valence-corrected chi connectivity index (χ3v) is 4.56. The lowest BCUT2D eigenvalue weighted by atomic mass is 10.2. The standard InChI is InChI=1S/C18H28N2O4/c1-13-6-7-16(17(8-13)23-5)24-12-18(21)20(3)10-14-9-15(22-4)11-19(14)2/h6-8,14-15H,9-12H2,1-5H3/t14-,15-/m0/s1. The van der Waals surface area contributed by atoms with Crippen molar-refractivity contribution in [2.24, 2.45) is 0 Å². The second kappa shape index (κ2) is 8.35. The molecule has 1 aliphatic rings. The molecule has 1 heterocycles.